The maximum absolute atomic E-state index is 3.63. The average molecular weight is 373 g/mol. The van der Waals surface area contributed by atoms with E-state index < -0.39 is 0 Å². The van der Waals surface area contributed by atoms with Gasteiger partial charge in [0, 0.05) is 28.1 Å². The quantitative estimate of drug-likeness (QED) is 0.651. The Morgan fingerprint density at radius 3 is 2.83 bits per heavy atom. The molecule has 0 spiro atoms. The summed E-state index contributed by atoms with van der Waals surface area (Å²) in [6.45, 7) is 1.23. The second-order valence-electron chi connectivity index (χ2n) is 5.50. The molecule has 2 unspecified atom stereocenters. The fourth-order valence-electron chi connectivity index (χ4n) is 3.67. The molecule has 0 aromatic heterocycles. The van der Waals surface area contributed by atoms with Crippen LogP contribution in [0, 0.1) is 5.92 Å². The zero-order valence-corrected chi connectivity index (χ0v) is 13.7. The molecule has 0 N–H and O–H groups in total. The third-order valence-electron chi connectivity index (χ3n) is 4.49. The Hall–Kier alpha value is -0.0200. The summed E-state index contributed by atoms with van der Waals surface area (Å²) >= 11 is 7.25. The number of hydrogen-bond donors (Lipinski definition) is 0. The fourth-order valence-corrected chi connectivity index (χ4v) is 4.49. The molecule has 1 aromatic rings. The molecule has 1 aliphatic carbocycles. The van der Waals surface area contributed by atoms with Gasteiger partial charge in [-0.2, -0.15) is 0 Å². The van der Waals surface area contributed by atoms with Crippen molar-refractivity contribution in [2.75, 3.05) is 11.4 Å². The van der Waals surface area contributed by atoms with E-state index in [9.17, 15) is 0 Å². The van der Waals surface area contributed by atoms with E-state index in [1.165, 1.54) is 54.4 Å². The lowest BCUT2D eigenvalue weighted by molar-refractivity contribution is 0.362. The largest absolute Gasteiger partial charge is 0.368 e. The van der Waals surface area contributed by atoms with Gasteiger partial charge in [0.15, 0.2) is 0 Å². The molecule has 2 atom stereocenters. The Morgan fingerprint density at radius 1 is 1.17 bits per heavy atom. The molecule has 3 rings (SSSR count). The highest BCUT2D eigenvalue weighted by Gasteiger charge is 2.35. The van der Waals surface area contributed by atoms with Crippen LogP contribution in [0.3, 0.4) is 0 Å². The van der Waals surface area contributed by atoms with E-state index in [0.717, 1.165) is 17.3 Å². The number of halogens is 2. The van der Waals surface area contributed by atoms with E-state index >= 15 is 0 Å². The zero-order valence-electron chi connectivity index (χ0n) is 10.5. The van der Waals surface area contributed by atoms with Crippen molar-refractivity contribution in [3.63, 3.8) is 0 Å². The molecule has 2 fully saturated rings. The van der Waals surface area contributed by atoms with Gasteiger partial charge >= 0.3 is 0 Å². The van der Waals surface area contributed by atoms with Crippen molar-refractivity contribution in [3.8, 4) is 0 Å². The first-order valence-corrected chi connectivity index (χ1v) is 8.82. The van der Waals surface area contributed by atoms with Gasteiger partial charge in [0.1, 0.15) is 0 Å². The normalized spacial score (nSPS) is 27.3. The van der Waals surface area contributed by atoms with E-state index in [-0.39, 0.29) is 0 Å². The van der Waals surface area contributed by atoms with Crippen LogP contribution in [-0.2, 0) is 5.33 Å². The van der Waals surface area contributed by atoms with Crippen LogP contribution in [0.15, 0.2) is 22.7 Å². The summed E-state index contributed by atoms with van der Waals surface area (Å²) in [6.07, 6.45) is 7.05. The van der Waals surface area contributed by atoms with Gasteiger partial charge < -0.3 is 4.90 Å². The van der Waals surface area contributed by atoms with Gasteiger partial charge in [-0.1, -0.05) is 44.3 Å². The van der Waals surface area contributed by atoms with Crippen LogP contribution in [-0.4, -0.2) is 12.6 Å². The number of piperidine rings is 1. The third kappa shape index (κ3) is 2.36. The number of rotatable bonds is 2. The first kappa shape index (κ1) is 13.0. The molecule has 1 heterocycles. The Labute approximate surface area is 126 Å². The van der Waals surface area contributed by atoms with Gasteiger partial charge in [-0.15, -0.1) is 0 Å². The summed E-state index contributed by atoms with van der Waals surface area (Å²) in [5.74, 6) is 0.945. The highest BCUT2D eigenvalue weighted by molar-refractivity contribution is 9.10. The van der Waals surface area contributed by atoms with Gasteiger partial charge in [0.25, 0.3) is 0 Å². The van der Waals surface area contributed by atoms with E-state index in [0.29, 0.717) is 0 Å². The molecular weight excluding hydrogens is 354 g/mol. The maximum atomic E-state index is 3.63. The molecule has 1 nitrogen and oxygen atoms in total. The molecule has 1 aliphatic heterocycles. The molecule has 1 saturated carbocycles. The van der Waals surface area contributed by atoms with Crippen LogP contribution in [0.2, 0.25) is 0 Å². The maximum Gasteiger partial charge on any atom is 0.0421 e. The van der Waals surface area contributed by atoms with Gasteiger partial charge in [-0.05, 0) is 49.3 Å². The standard InChI is InChI=1S/C15H19Br2N/c16-10-12-6-7-13(17)9-15(12)18-8-2-4-11-3-1-5-14(11)18/h6-7,9,11,14H,1-5,8,10H2. The first-order chi connectivity index (χ1) is 8.79. The smallest absolute Gasteiger partial charge is 0.0421 e. The minimum atomic E-state index is 0.797. The number of alkyl halides is 1. The monoisotopic (exact) mass is 371 g/mol. The van der Waals surface area contributed by atoms with Crippen LogP contribution < -0.4 is 4.90 Å². The molecule has 98 valence electrons. The SMILES string of the molecule is BrCc1ccc(Br)cc1N1CCCC2CCCC21. The minimum Gasteiger partial charge on any atom is -0.368 e. The van der Waals surface area contributed by atoms with Crippen LogP contribution in [0.5, 0.6) is 0 Å². The van der Waals surface area contributed by atoms with Crippen molar-refractivity contribution >= 4 is 37.5 Å². The Morgan fingerprint density at radius 2 is 2.00 bits per heavy atom. The Bertz CT molecular complexity index is 433. The molecule has 0 bridgehead atoms. The summed E-state index contributed by atoms with van der Waals surface area (Å²) < 4.78 is 1.20. The molecule has 3 heteroatoms. The van der Waals surface area contributed by atoms with E-state index in [4.69, 9.17) is 0 Å². The molecule has 1 saturated heterocycles. The topological polar surface area (TPSA) is 3.24 Å². The van der Waals surface area contributed by atoms with Crippen molar-refractivity contribution in [2.24, 2.45) is 5.92 Å². The molecule has 1 aromatic carbocycles. The minimum absolute atomic E-state index is 0.797. The van der Waals surface area contributed by atoms with Crippen molar-refractivity contribution < 1.29 is 0 Å². The highest BCUT2D eigenvalue weighted by atomic mass is 79.9. The van der Waals surface area contributed by atoms with Gasteiger partial charge in [0.05, 0.1) is 0 Å². The van der Waals surface area contributed by atoms with Gasteiger partial charge in [-0.3, -0.25) is 0 Å². The van der Waals surface area contributed by atoms with Crippen molar-refractivity contribution in [2.45, 2.75) is 43.5 Å². The Kier molecular flexibility index (Phi) is 4.00. The van der Waals surface area contributed by atoms with Crippen molar-refractivity contribution in [3.05, 3.63) is 28.2 Å². The molecule has 2 aliphatic rings. The molecule has 0 amide bonds. The third-order valence-corrected chi connectivity index (χ3v) is 5.59. The van der Waals surface area contributed by atoms with E-state index in [1.807, 2.05) is 0 Å². The van der Waals surface area contributed by atoms with Gasteiger partial charge in [0.2, 0.25) is 0 Å². The highest BCUT2D eigenvalue weighted by Crippen LogP contribution is 2.41. The number of nitrogens with zero attached hydrogens (tertiary/aromatic N) is 1. The molecule has 18 heavy (non-hydrogen) atoms. The summed E-state index contributed by atoms with van der Waals surface area (Å²) in [5.41, 5.74) is 2.86. The fraction of sp³-hybridized carbons (Fsp3) is 0.600. The van der Waals surface area contributed by atoms with Crippen LogP contribution in [0.25, 0.3) is 0 Å². The summed E-state index contributed by atoms with van der Waals surface area (Å²) in [4.78, 5) is 2.68. The zero-order chi connectivity index (χ0) is 12.5. The second-order valence-corrected chi connectivity index (χ2v) is 6.98. The van der Waals surface area contributed by atoms with Crippen molar-refractivity contribution in [1.29, 1.82) is 0 Å². The average Bonchev–Trinajstić information content (AvgIpc) is 2.86. The number of hydrogen-bond acceptors (Lipinski definition) is 1. The number of benzene rings is 1. The summed E-state index contributed by atoms with van der Waals surface area (Å²) in [5, 5.41) is 0.948. The van der Waals surface area contributed by atoms with E-state index in [1.54, 1.807) is 0 Å². The Balaban J connectivity index is 1.95. The summed E-state index contributed by atoms with van der Waals surface area (Å²) in [7, 11) is 0. The second kappa shape index (κ2) is 5.54. The molecule has 0 radical (unpaired) electrons. The lowest BCUT2D eigenvalue weighted by Crippen LogP contribution is -2.43. The predicted molar refractivity (Wildman–Crippen MR) is 84.5 cm³/mol. The van der Waals surface area contributed by atoms with E-state index in [2.05, 4.69) is 55.0 Å². The number of fused-ring (bicyclic) bond motifs is 1. The first-order valence-electron chi connectivity index (χ1n) is 6.90. The lowest BCUT2D eigenvalue weighted by atomic mass is 9.91. The van der Waals surface area contributed by atoms with Gasteiger partial charge in [-0.25, -0.2) is 0 Å². The van der Waals surface area contributed by atoms with Crippen LogP contribution >= 0.6 is 31.9 Å². The predicted octanol–water partition coefficient (Wildman–Crippen LogP) is 5.11. The van der Waals surface area contributed by atoms with Crippen LogP contribution in [0.4, 0.5) is 5.69 Å². The molecular formula is C15H19Br2N. The summed E-state index contributed by atoms with van der Waals surface area (Å²) in [6, 6.07) is 7.49. The van der Waals surface area contributed by atoms with Crippen LogP contribution in [0.1, 0.15) is 37.7 Å². The lowest BCUT2D eigenvalue weighted by Gasteiger charge is -2.40. The van der Waals surface area contributed by atoms with Crippen molar-refractivity contribution in [1.82, 2.24) is 0 Å². The number of anilines is 1.